The van der Waals surface area contributed by atoms with Gasteiger partial charge in [-0.15, -0.1) is 11.8 Å². The highest BCUT2D eigenvalue weighted by Crippen LogP contribution is 2.14. The van der Waals surface area contributed by atoms with Crippen molar-refractivity contribution in [3.05, 3.63) is 29.8 Å². The average molecular weight is 238 g/mol. The highest BCUT2D eigenvalue weighted by molar-refractivity contribution is 7.98. The first-order valence-corrected chi connectivity index (χ1v) is 6.38. The molecule has 0 heterocycles. The van der Waals surface area contributed by atoms with Crippen LogP contribution >= 0.6 is 11.8 Å². The van der Waals surface area contributed by atoms with Gasteiger partial charge in [0, 0.05) is 11.4 Å². The second-order valence-corrected chi connectivity index (χ2v) is 4.74. The number of nitrogens with one attached hydrogen (secondary N) is 1. The van der Waals surface area contributed by atoms with Crippen LogP contribution in [0.2, 0.25) is 0 Å². The maximum Gasteiger partial charge on any atom is 0.234 e. The Morgan fingerprint density at radius 2 is 1.94 bits per heavy atom. The van der Waals surface area contributed by atoms with E-state index in [1.807, 2.05) is 37.4 Å². The molecular weight excluding hydrogens is 220 g/mol. The average Bonchev–Trinajstić information content (AvgIpc) is 2.26. The first-order valence-electron chi connectivity index (χ1n) is 5.16. The third-order valence-corrected chi connectivity index (χ3v) is 2.85. The monoisotopic (exact) mass is 238 g/mol. The van der Waals surface area contributed by atoms with Crippen LogP contribution in [0.1, 0.15) is 5.56 Å². The molecule has 4 heteroatoms. The van der Waals surface area contributed by atoms with Crippen LogP contribution in [-0.4, -0.2) is 37.7 Å². The standard InChI is InChI=1S/C12H18N2OS/c1-14(2)9-12(15)13-8-10-4-6-11(16-3)7-5-10/h4-7H,8-9H2,1-3H3,(H,13,15). The molecule has 3 nitrogen and oxygen atoms in total. The molecule has 1 aromatic carbocycles. The molecule has 1 aromatic rings. The number of thioether (sulfide) groups is 1. The van der Waals surface area contributed by atoms with E-state index in [2.05, 4.69) is 17.4 Å². The lowest BCUT2D eigenvalue weighted by molar-refractivity contribution is -0.121. The summed E-state index contributed by atoms with van der Waals surface area (Å²) in [5, 5.41) is 2.88. The van der Waals surface area contributed by atoms with Gasteiger partial charge < -0.3 is 10.2 Å². The van der Waals surface area contributed by atoms with E-state index in [0.717, 1.165) is 5.56 Å². The molecule has 1 N–H and O–H groups in total. The minimum atomic E-state index is 0.0546. The van der Waals surface area contributed by atoms with Gasteiger partial charge in [-0.3, -0.25) is 4.79 Å². The van der Waals surface area contributed by atoms with E-state index in [1.165, 1.54) is 4.90 Å². The van der Waals surface area contributed by atoms with Crippen molar-refractivity contribution in [2.24, 2.45) is 0 Å². The summed E-state index contributed by atoms with van der Waals surface area (Å²) in [6.07, 6.45) is 2.05. The third-order valence-electron chi connectivity index (χ3n) is 2.11. The fourth-order valence-corrected chi connectivity index (χ4v) is 1.70. The first-order chi connectivity index (χ1) is 7.61. The quantitative estimate of drug-likeness (QED) is 0.791. The molecule has 0 aliphatic heterocycles. The van der Waals surface area contributed by atoms with E-state index in [9.17, 15) is 4.79 Å². The van der Waals surface area contributed by atoms with Crippen molar-refractivity contribution in [3.8, 4) is 0 Å². The van der Waals surface area contributed by atoms with Crippen LogP contribution in [0, 0.1) is 0 Å². The van der Waals surface area contributed by atoms with Gasteiger partial charge in [-0.05, 0) is 38.0 Å². The molecule has 0 saturated heterocycles. The smallest absolute Gasteiger partial charge is 0.234 e. The van der Waals surface area contributed by atoms with Crippen LogP contribution in [0.3, 0.4) is 0 Å². The zero-order valence-electron chi connectivity index (χ0n) is 9.99. The van der Waals surface area contributed by atoms with Crippen molar-refractivity contribution >= 4 is 17.7 Å². The number of likely N-dealkylation sites (N-methyl/N-ethyl adjacent to an activating group) is 1. The first kappa shape index (κ1) is 13.1. The SMILES string of the molecule is CSc1ccc(CNC(=O)CN(C)C)cc1. The Bertz CT molecular complexity index is 335. The molecular formula is C12H18N2OS. The predicted molar refractivity (Wildman–Crippen MR) is 68.6 cm³/mol. The van der Waals surface area contributed by atoms with Gasteiger partial charge >= 0.3 is 0 Å². The normalized spacial score (nSPS) is 10.5. The maximum absolute atomic E-state index is 11.4. The van der Waals surface area contributed by atoms with Gasteiger partial charge in [-0.2, -0.15) is 0 Å². The molecule has 0 radical (unpaired) electrons. The summed E-state index contributed by atoms with van der Waals surface area (Å²) in [5.74, 6) is 0.0546. The van der Waals surface area contributed by atoms with E-state index in [0.29, 0.717) is 13.1 Å². The van der Waals surface area contributed by atoms with Crippen LogP contribution in [0.4, 0.5) is 0 Å². The number of rotatable bonds is 5. The molecule has 0 aliphatic carbocycles. The molecule has 0 atom stereocenters. The van der Waals surface area contributed by atoms with E-state index < -0.39 is 0 Å². The summed E-state index contributed by atoms with van der Waals surface area (Å²) in [6.45, 7) is 1.03. The molecule has 0 aliphatic rings. The molecule has 1 amide bonds. The van der Waals surface area contributed by atoms with Crippen LogP contribution in [0.15, 0.2) is 29.2 Å². The Kier molecular flexibility index (Phi) is 5.35. The molecule has 0 bridgehead atoms. The van der Waals surface area contributed by atoms with Crippen LogP contribution in [0.5, 0.6) is 0 Å². The Balaban J connectivity index is 2.39. The minimum absolute atomic E-state index is 0.0546. The second-order valence-electron chi connectivity index (χ2n) is 3.86. The number of carbonyl (C=O) groups is 1. The molecule has 88 valence electrons. The van der Waals surface area contributed by atoms with Crippen molar-refractivity contribution < 1.29 is 4.79 Å². The lowest BCUT2D eigenvalue weighted by Crippen LogP contribution is -2.32. The minimum Gasteiger partial charge on any atom is -0.351 e. The number of hydrogen-bond acceptors (Lipinski definition) is 3. The van der Waals surface area contributed by atoms with E-state index in [1.54, 1.807) is 11.8 Å². The summed E-state index contributed by atoms with van der Waals surface area (Å²) in [5.41, 5.74) is 1.13. The number of amides is 1. The van der Waals surface area contributed by atoms with Gasteiger partial charge in [-0.25, -0.2) is 0 Å². The van der Waals surface area contributed by atoms with Gasteiger partial charge in [0.2, 0.25) is 5.91 Å². The summed E-state index contributed by atoms with van der Waals surface area (Å²) in [4.78, 5) is 14.5. The highest BCUT2D eigenvalue weighted by Gasteiger charge is 2.02. The van der Waals surface area contributed by atoms with E-state index in [-0.39, 0.29) is 5.91 Å². The number of benzene rings is 1. The van der Waals surface area contributed by atoms with Crippen molar-refractivity contribution in [3.63, 3.8) is 0 Å². The van der Waals surface area contributed by atoms with E-state index >= 15 is 0 Å². The summed E-state index contributed by atoms with van der Waals surface area (Å²) in [7, 11) is 3.76. The Labute approximate surface area is 101 Å². The summed E-state index contributed by atoms with van der Waals surface area (Å²) < 4.78 is 0. The third kappa shape index (κ3) is 4.68. The zero-order valence-corrected chi connectivity index (χ0v) is 10.8. The fraction of sp³-hybridized carbons (Fsp3) is 0.417. The lowest BCUT2D eigenvalue weighted by Gasteiger charge is -2.10. The molecule has 0 spiro atoms. The zero-order chi connectivity index (χ0) is 12.0. The molecule has 0 unspecified atom stereocenters. The van der Waals surface area contributed by atoms with Gasteiger partial charge in [0.1, 0.15) is 0 Å². The van der Waals surface area contributed by atoms with Crippen molar-refractivity contribution in [1.29, 1.82) is 0 Å². The molecule has 0 fully saturated rings. The Morgan fingerprint density at radius 3 is 2.44 bits per heavy atom. The molecule has 1 rings (SSSR count). The van der Waals surface area contributed by atoms with Gasteiger partial charge in [0.25, 0.3) is 0 Å². The lowest BCUT2D eigenvalue weighted by atomic mass is 10.2. The van der Waals surface area contributed by atoms with Gasteiger partial charge in [0.05, 0.1) is 6.54 Å². The van der Waals surface area contributed by atoms with E-state index in [4.69, 9.17) is 0 Å². The summed E-state index contributed by atoms with van der Waals surface area (Å²) in [6, 6.07) is 8.22. The van der Waals surface area contributed by atoms with Gasteiger partial charge in [-0.1, -0.05) is 12.1 Å². The van der Waals surface area contributed by atoms with Crippen molar-refractivity contribution in [2.45, 2.75) is 11.4 Å². The molecule has 16 heavy (non-hydrogen) atoms. The number of nitrogens with zero attached hydrogens (tertiary/aromatic N) is 1. The second kappa shape index (κ2) is 6.55. The Morgan fingerprint density at radius 1 is 1.31 bits per heavy atom. The van der Waals surface area contributed by atoms with Crippen LogP contribution in [-0.2, 0) is 11.3 Å². The van der Waals surface area contributed by atoms with Crippen LogP contribution in [0.25, 0.3) is 0 Å². The number of carbonyl (C=O) groups excluding carboxylic acids is 1. The fourth-order valence-electron chi connectivity index (χ4n) is 1.29. The van der Waals surface area contributed by atoms with Crippen molar-refractivity contribution in [2.75, 3.05) is 26.9 Å². The Hall–Kier alpha value is -1.00. The topological polar surface area (TPSA) is 32.3 Å². The van der Waals surface area contributed by atoms with Crippen LogP contribution < -0.4 is 5.32 Å². The van der Waals surface area contributed by atoms with Crippen molar-refractivity contribution in [1.82, 2.24) is 10.2 Å². The molecule has 0 aromatic heterocycles. The maximum atomic E-state index is 11.4. The summed E-state index contributed by atoms with van der Waals surface area (Å²) >= 11 is 1.72. The van der Waals surface area contributed by atoms with Gasteiger partial charge in [0.15, 0.2) is 0 Å². The highest BCUT2D eigenvalue weighted by atomic mass is 32.2. The predicted octanol–water partition coefficient (Wildman–Crippen LogP) is 1.59. The number of hydrogen-bond donors (Lipinski definition) is 1. The molecule has 0 saturated carbocycles. The largest absolute Gasteiger partial charge is 0.351 e.